The van der Waals surface area contributed by atoms with Crippen molar-refractivity contribution in [3.05, 3.63) is 0 Å². The summed E-state index contributed by atoms with van der Waals surface area (Å²) >= 11 is 0. The highest BCUT2D eigenvalue weighted by Gasteiger charge is 2.46. The van der Waals surface area contributed by atoms with E-state index >= 15 is 0 Å². The Balaban J connectivity index is 2.13. The van der Waals surface area contributed by atoms with Gasteiger partial charge < -0.3 is 10.1 Å². The molecular weight excluding hydrogens is 236 g/mol. The van der Waals surface area contributed by atoms with Crippen LogP contribution >= 0.6 is 0 Å². The van der Waals surface area contributed by atoms with Crippen LogP contribution in [0.1, 0.15) is 59.3 Å². The van der Waals surface area contributed by atoms with E-state index in [-0.39, 0.29) is 0 Å². The highest BCUT2D eigenvalue weighted by Crippen LogP contribution is 2.38. The number of ether oxygens (including phenoxy) is 1. The lowest BCUT2D eigenvalue weighted by molar-refractivity contribution is -0.0331. The summed E-state index contributed by atoms with van der Waals surface area (Å²) in [5.74, 6) is 0. The standard InChI is InChI=1S/C16H32N2O/c1-5-16(6-2)12-17-15(9-7-8-10-15)13-18(16)11-14(3)19-4/h14,17H,5-13H2,1-4H3. The van der Waals surface area contributed by atoms with Gasteiger partial charge in [-0.1, -0.05) is 26.7 Å². The molecule has 1 aliphatic carbocycles. The Kier molecular flexibility index (Phi) is 4.91. The van der Waals surface area contributed by atoms with Gasteiger partial charge in [-0.05, 0) is 32.6 Å². The van der Waals surface area contributed by atoms with Gasteiger partial charge in [0.1, 0.15) is 0 Å². The molecule has 1 saturated carbocycles. The van der Waals surface area contributed by atoms with E-state index in [1.54, 1.807) is 0 Å². The van der Waals surface area contributed by atoms with Crippen molar-refractivity contribution in [3.63, 3.8) is 0 Å². The van der Waals surface area contributed by atoms with Crippen molar-refractivity contribution in [1.82, 2.24) is 10.2 Å². The summed E-state index contributed by atoms with van der Waals surface area (Å²) in [5.41, 5.74) is 0.738. The summed E-state index contributed by atoms with van der Waals surface area (Å²) in [6.07, 6.45) is 8.28. The van der Waals surface area contributed by atoms with Crippen LogP contribution in [-0.4, -0.2) is 48.8 Å². The lowest BCUT2D eigenvalue weighted by Gasteiger charge is -2.54. The Morgan fingerprint density at radius 1 is 1.21 bits per heavy atom. The predicted molar refractivity (Wildman–Crippen MR) is 80.6 cm³/mol. The number of piperazine rings is 1. The first kappa shape index (κ1) is 15.3. The first-order chi connectivity index (χ1) is 9.10. The van der Waals surface area contributed by atoms with E-state index in [9.17, 15) is 0 Å². The first-order valence-corrected chi connectivity index (χ1v) is 8.12. The second-order valence-corrected chi connectivity index (χ2v) is 6.70. The molecule has 2 rings (SSSR count). The molecule has 1 unspecified atom stereocenters. The van der Waals surface area contributed by atoms with Crippen LogP contribution in [0.15, 0.2) is 0 Å². The molecule has 2 fully saturated rings. The molecule has 112 valence electrons. The van der Waals surface area contributed by atoms with Gasteiger partial charge in [-0.25, -0.2) is 0 Å². The molecule has 1 heterocycles. The second-order valence-electron chi connectivity index (χ2n) is 6.70. The zero-order chi connectivity index (χ0) is 13.9. The van der Waals surface area contributed by atoms with Gasteiger partial charge in [-0.2, -0.15) is 0 Å². The molecule has 1 N–H and O–H groups in total. The highest BCUT2D eigenvalue weighted by atomic mass is 16.5. The molecule has 0 aromatic heterocycles. The highest BCUT2D eigenvalue weighted by molar-refractivity contribution is 5.06. The van der Waals surface area contributed by atoms with Gasteiger partial charge in [0.05, 0.1) is 6.10 Å². The van der Waals surface area contributed by atoms with Gasteiger partial charge >= 0.3 is 0 Å². The van der Waals surface area contributed by atoms with Gasteiger partial charge in [-0.3, -0.25) is 4.90 Å². The van der Waals surface area contributed by atoms with E-state index in [0.717, 1.165) is 13.1 Å². The van der Waals surface area contributed by atoms with Crippen LogP contribution in [0.3, 0.4) is 0 Å². The lowest BCUT2D eigenvalue weighted by atomic mass is 9.82. The average molecular weight is 268 g/mol. The molecule has 0 bridgehead atoms. The van der Waals surface area contributed by atoms with Gasteiger partial charge in [-0.15, -0.1) is 0 Å². The molecule has 1 aliphatic heterocycles. The van der Waals surface area contributed by atoms with Crippen LogP contribution < -0.4 is 5.32 Å². The molecule has 3 nitrogen and oxygen atoms in total. The third-order valence-electron chi connectivity index (χ3n) is 5.71. The van der Waals surface area contributed by atoms with Crippen LogP contribution in [0.5, 0.6) is 0 Å². The van der Waals surface area contributed by atoms with Crippen molar-refractivity contribution in [1.29, 1.82) is 0 Å². The third kappa shape index (κ3) is 2.98. The molecule has 3 heteroatoms. The third-order valence-corrected chi connectivity index (χ3v) is 5.71. The predicted octanol–water partition coefficient (Wildman–Crippen LogP) is 2.80. The minimum atomic E-state index is 0.328. The van der Waals surface area contributed by atoms with Gasteiger partial charge in [0.2, 0.25) is 0 Å². The number of hydrogen-bond donors (Lipinski definition) is 1. The monoisotopic (exact) mass is 268 g/mol. The number of rotatable bonds is 5. The average Bonchev–Trinajstić information content (AvgIpc) is 2.88. The minimum absolute atomic E-state index is 0.328. The molecule has 19 heavy (non-hydrogen) atoms. The van der Waals surface area contributed by atoms with Crippen LogP contribution in [0.2, 0.25) is 0 Å². The zero-order valence-corrected chi connectivity index (χ0v) is 13.3. The normalized spacial score (nSPS) is 27.8. The van der Waals surface area contributed by atoms with Crippen LogP contribution in [0.25, 0.3) is 0 Å². The molecule has 0 aromatic carbocycles. The summed E-state index contributed by atoms with van der Waals surface area (Å²) in [6.45, 7) is 10.3. The molecule has 0 amide bonds. The summed E-state index contributed by atoms with van der Waals surface area (Å²) < 4.78 is 5.52. The number of nitrogens with zero attached hydrogens (tertiary/aromatic N) is 1. The van der Waals surface area contributed by atoms with E-state index in [1.165, 1.54) is 45.1 Å². The van der Waals surface area contributed by atoms with Crippen molar-refractivity contribution in [3.8, 4) is 0 Å². The zero-order valence-electron chi connectivity index (χ0n) is 13.3. The Labute approximate surface area is 119 Å². The summed E-state index contributed by atoms with van der Waals surface area (Å²) in [5, 5.41) is 3.93. The van der Waals surface area contributed by atoms with Crippen molar-refractivity contribution in [2.24, 2.45) is 0 Å². The van der Waals surface area contributed by atoms with Crippen LogP contribution in [0.4, 0.5) is 0 Å². The van der Waals surface area contributed by atoms with E-state index < -0.39 is 0 Å². The van der Waals surface area contributed by atoms with Gasteiger partial charge in [0, 0.05) is 37.8 Å². The SMILES string of the molecule is CCC1(CC)CNC2(CCCC2)CN1CC(C)OC. The Morgan fingerprint density at radius 2 is 1.84 bits per heavy atom. The first-order valence-electron chi connectivity index (χ1n) is 8.12. The van der Waals surface area contributed by atoms with E-state index in [1.807, 2.05) is 7.11 Å². The summed E-state index contributed by atoms with van der Waals surface area (Å²) in [6, 6.07) is 0. The Bertz CT molecular complexity index is 282. The van der Waals surface area contributed by atoms with Gasteiger partial charge in [0.25, 0.3) is 0 Å². The van der Waals surface area contributed by atoms with E-state index in [0.29, 0.717) is 17.2 Å². The molecule has 1 atom stereocenters. The fourth-order valence-corrected chi connectivity index (χ4v) is 4.03. The second kappa shape index (κ2) is 6.11. The topological polar surface area (TPSA) is 24.5 Å². The van der Waals surface area contributed by atoms with Crippen molar-refractivity contribution in [2.75, 3.05) is 26.7 Å². The summed E-state index contributed by atoms with van der Waals surface area (Å²) in [4.78, 5) is 2.74. The van der Waals surface area contributed by atoms with Crippen molar-refractivity contribution < 1.29 is 4.74 Å². The molecule has 1 saturated heterocycles. The molecule has 0 aromatic rings. The minimum Gasteiger partial charge on any atom is -0.380 e. The Morgan fingerprint density at radius 3 is 2.37 bits per heavy atom. The fourth-order valence-electron chi connectivity index (χ4n) is 4.03. The van der Waals surface area contributed by atoms with E-state index in [4.69, 9.17) is 4.74 Å². The van der Waals surface area contributed by atoms with E-state index in [2.05, 4.69) is 31.0 Å². The van der Waals surface area contributed by atoms with Crippen LogP contribution in [-0.2, 0) is 4.74 Å². The number of methoxy groups -OCH3 is 1. The maximum absolute atomic E-state index is 5.52. The molecular formula is C16H32N2O. The lowest BCUT2D eigenvalue weighted by Crippen LogP contribution is -2.69. The quantitative estimate of drug-likeness (QED) is 0.830. The van der Waals surface area contributed by atoms with Gasteiger partial charge in [0.15, 0.2) is 0 Å². The largest absolute Gasteiger partial charge is 0.380 e. The maximum atomic E-state index is 5.52. The maximum Gasteiger partial charge on any atom is 0.0670 e. The summed E-state index contributed by atoms with van der Waals surface area (Å²) in [7, 11) is 1.83. The smallest absolute Gasteiger partial charge is 0.0670 e. The molecule has 2 aliphatic rings. The Hall–Kier alpha value is -0.120. The number of hydrogen-bond acceptors (Lipinski definition) is 3. The fraction of sp³-hybridized carbons (Fsp3) is 1.00. The van der Waals surface area contributed by atoms with Crippen molar-refractivity contribution >= 4 is 0 Å². The number of nitrogens with one attached hydrogen (secondary N) is 1. The van der Waals surface area contributed by atoms with Crippen molar-refractivity contribution in [2.45, 2.75) is 76.5 Å². The molecule has 0 radical (unpaired) electrons. The molecule has 1 spiro atoms. The van der Waals surface area contributed by atoms with Crippen LogP contribution in [0, 0.1) is 0 Å².